The molecule has 4 nitrogen and oxygen atoms in total. The third kappa shape index (κ3) is 3.58. The van der Waals surface area contributed by atoms with Crippen LogP contribution < -0.4 is 0 Å². The zero-order valence-corrected chi connectivity index (χ0v) is 17.2. The van der Waals surface area contributed by atoms with Crippen LogP contribution in [0.25, 0.3) is 5.69 Å². The molecule has 0 N–H and O–H groups in total. The number of aromatic nitrogens is 3. The molecule has 0 bridgehead atoms. The van der Waals surface area contributed by atoms with Gasteiger partial charge in [0.05, 0.1) is 12.2 Å². The topological polar surface area (TPSA) is 34.0 Å². The van der Waals surface area contributed by atoms with E-state index in [9.17, 15) is 4.39 Å². The third-order valence-corrected chi connectivity index (χ3v) is 6.56. The normalized spacial score (nSPS) is 22.0. The Balaban J connectivity index is 1.43. The van der Waals surface area contributed by atoms with Crippen LogP contribution in [0.15, 0.2) is 42.5 Å². The molecule has 2 heterocycles. The highest BCUT2D eigenvalue weighted by molar-refractivity contribution is 6.30. The van der Waals surface area contributed by atoms with Crippen LogP contribution in [0.3, 0.4) is 0 Å². The fourth-order valence-corrected chi connectivity index (χ4v) is 5.06. The molecule has 2 aliphatic rings. The lowest BCUT2D eigenvalue weighted by Gasteiger charge is -2.28. The highest BCUT2D eigenvalue weighted by atomic mass is 35.5. The first kappa shape index (κ1) is 18.8. The van der Waals surface area contributed by atoms with Gasteiger partial charge in [-0.3, -0.25) is 9.47 Å². The number of fused-ring (bicyclic) bond motifs is 3. The number of nitrogens with zero attached hydrogens (tertiary/aromatic N) is 4. The smallest absolute Gasteiger partial charge is 0.151 e. The summed E-state index contributed by atoms with van der Waals surface area (Å²) in [5.74, 6) is 2.77. The van der Waals surface area contributed by atoms with Crippen LogP contribution in [0.2, 0.25) is 5.02 Å². The lowest BCUT2D eigenvalue weighted by Crippen LogP contribution is -2.17. The van der Waals surface area contributed by atoms with Gasteiger partial charge in [-0.25, -0.2) is 4.39 Å². The summed E-state index contributed by atoms with van der Waals surface area (Å²) in [6.45, 7) is 1.61. The summed E-state index contributed by atoms with van der Waals surface area (Å²) in [5.41, 5.74) is 3.60. The molecule has 0 amide bonds. The molecule has 6 heteroatoms. The molecule has 0 saturated heterocycles. The van der Waals surface area contributed by atoms with Crippen molar-refractivity contribution in [1.29, 1.82) is 0 Å². The molecular weight excluding hydrogens is 387 g/mol. The van der Waals surface area contributed by atoms with Gasteiger partial charge in [0.25, 0.3) is 0 Å². The Morgan fingerprint density at radius 1 is 0.931 bits per heavy atom. The van der Waals surface area contributed by atoms with Gasteiger partial charge in [0.15, 0.2) is 5.82 Å². The molecular formula is C23H24ClFN4. The first-order chi connectivity index (χ1) is 14.1. The Bertz CT molecular complexity index is 1020. The largest absolute Gasteiger partial charge is 0.295 e. The van der Waals surface area contributed by atoms with Gasteiger partial charge in [0.2, 0.25) is 0 Å². The van der Waals surface area contributed by atoms with Gasteiger partial charge < -0.3 is 0 Å². The molecule has 2 aromatic carbocycles. The molecule has 1 aliphatic heterocycles. The highest BCUT2D eigenvalue weighted by Crippen LogP contribution is 2.41. The number of hydrogen-bond donors (Lipinski definition) is 0. The quantitative estimate of drug-likeness (QED) is 0.563. The van der Waals surface area contributed by atoms with E-state index in [2.05, 4.69) is 38.8 Å². The molecule has 1 saturated carbocycles. The van der Waals surface area contributed by atoms with Crippen molar-refractivity contribution in [3.8, 4) is 5.69 Å². The Hall–Kier alpha value is -2.24. The molecule has 5 rings (SSSR count). The van der Waals surface area contributed by atoms with Gasteiger partial charge >= 0.3 is 0 Å². The summed E-state index contributed by atoms with van der Waals surface area (Å²) >= 11 is 6.27. The van der Waals surface area contributed by atoms with E-state index in [-0.39, 0.29) is 5.82 Å². The summed E-state index contributed by atoms with van der Waals surface area (Å²) < 4.78 is 15.5. The van der Waals surface area contributed by atoms with Crippen LogP contribution in [0.5, 0.6) is 0 Å². The monoisotopic (exact) mass is 410 g/mol. The third-order valence-electron chi connectivity index (χ3n) is 6.32. The van der Waals surface area contributed by atoms with E-state index in [4.69, 9.17) is 11.6 Å². The lowest BCUT2D eigenvalue weighted by molar-refractivity contribution is 0.315. The number of halogens is 2. The number of benzene rings is 2. The Labute approximate surface area is 175 Å². The summed E-state index contributed by atoms with van der Waals surface area (Å²) in [6.07, 6.45) is 4.32. The van der Waals surface area contributed by atoms with Crippen molar-refractivity contribution in [1.82, 2.24) is 19.7 Å². The maximum atomic E-state index is 13.2. The molecule has 150 valence electrons. The van der Waals surface area contributed by atoms with E-state index >= 15 is 0 Å². The van der Waals surface area contributed by atoms with Gasteiger partial charge in [-0.15, -0.1) is 10.2 Å². The maximum absolute atomic E-state index is 13.2. The van der Waals surface area contributed by atoms with E-state index in [0.29, 0.717) is 11.8 Å². The molecule has 1 aliphatic carbocycles. The van der Waals surface area contributed by atoms with Crippen molar-refractivity contribution < 1.29 is 4.39 Å². The Kier molecular flexibility index (Phi) is 4.88. The van der Waals surface area contributed by atoms with E-state index in [1.807, 2.05) is 18.2 Å². The minimum Gasteiger partial charge on any atom is -0.295 e. The fourth-order valence-electron chi connectivity index (χ4n) is 4.87. The molecule has 0 spiro atoms. The van der Waals surface area contributed by atoms with E-state index in [1.165, 1.54) is 11.1 Å². The molecule has 0 radical (unpaired) electrons. The Morgan fingerprint density at radius 3 is 2.41 bits per heavy atom. The van der Waals surface area contributed by atoms with Crippen molar-refractivity contribution >= 4 is 11.6 Å². The fraction of sp³-hybridized carbons (Fsp3) is 0.391. The lowest BCUT2D eigenvalue weighted by atomic mass is 9.78. The SMILES string of the molecule is CN1Cc2cc(Cl)ccc2-n2c(nnc2C2CCC(c3ccc(F)cc3)CC2)C1. The second-order valence-electron chi connectivity index (χ2n) is 8.36. The van der Waals surface area contributed by atoms with Crippen molar-refractivity contribution in [2.24, 2.45) is 0 Å². The predicted molar refractivity (Wildman–Crippen MR) is 112 cm³/mol. The Morgan fingerprint density at radius 2 is 1.66 bits per heavy atom. The number of hydrogen-bond acceptors (Lipinski definition) is 3. The highest BCUT2D eigenvalue weighted by Gasteiger charge is 2.30. The maximum Gasteiger partial charge on any atom is 0.151 e. The molecule has 3 aromatic rings. The zero-order valence-electron chi connectivity index (χ0n) is 16.5. The van der Waals surface area contributed by atoms with Gasteiger partial charge in [0, 0.05) is 17.5 Å². The van der Waals surface area contributed by atoms with Crippen molar-refractivity contribution in [3.63, 3.8) is 0 Å². The summed E-state index contributed by atoms with van der Waals surface area (Å²) in [5, 5.41) is 9.94. The second-order valence-corrected chi connectivity index (χ2v) is 8.79. The molecule has 29 heavy (non-hydrogen) atoms. The second kappa shape index (κ2) is 7.54. The average molecular weight is 411 g/mol. The zero-order chi connectivity index (χ0) is 20.0. The van der Waals surface area contributed by atoms with Crippen LogP contribution in [-0.4, -0.2) is 26.7 Å². The van der Waals surface area contributed by atoms with Gasteiger partial charge in [-0.1, -0.05) is 23.7 Å². The molecule has 0 unspecified atom stereocenters. The van der Waals surface area contributed by atoms with Gasteiger partial charge in [0.1, 0.15) is 11.6 Å². The van der Waals surface area contributed by atoms with Crippen LogP contribution in [0.4, 0.5) is 4.39 Å². The predicted octanol–water partition coefficient (Wildman–Crippen LogP) is 5.45. The molecule has 0 atom stereocenters. The van der Waals surface area contributed by atoms with Crippen molar-refractivity contribution in [3.05, 3.63) is 76.1 Å². The first-order valence-electron chi connectivity index (χ1n) is 10.3. The molecule has 1 fully saturated rings. The first-order valence-corrected chi connectivity index (χ1v) is 10.6. The van der Waals surface area contributed by atoms with Crippen LogP contribution in [0, 0.1) is 5.82 Å². The van der Waals surface area contributed by atoms with Crippen LogP contribution >= 0.6 is 11.6 Å². The van der Waals surface area contributed by atoms with Gasteiger partial charge in [-0.2, -0.15) is 0 Å². The van der Waals surface area contributed by atoms with Crippen molar-refractivity contribution in [2.75, 3.05) is 7.05 Å². The molecule has 1 aromatic heterocycles. The average Bonchev–Trinajstić information content (AvgIpc) is 3.06. The minimum atomic E-state index is -0.169. The van der Waals surface area contributed by atoms with E-state index in [1.54, 1.807) is 12.1 Å². The van der Waals surface area contributed by atoms with E-state index < -0.39 is 0 Å². The standard InChI is InChI=1S/C23H24ClFN4/c1-28-13-18-12-19(24)8-11-21(18)29-22(14-28)26-27-23(29)17-4-2-15(3-5-17)16-6-9-20(25)10-7-16/h6-12,15,17H,2-5,13-14H2,1H3. The van der Waals surface area contributed by atoms with Crippen LogP contribution in [0.1, 0.15) is 60.3 Å². The van der Waals surface area contributed by atoms with Gasteiger partial charge in [-0.05, 0) is 80.1 Å². The van der Waals surface area contributed by atoms with E-state index in [0.717, 1.165) is 61.1 Å². The van der Waals surface area contributed by atoms with Crippen molar-refractivity contribution in [2.45, 2.75) is 50.6 Å². The van der Waals surface area contributed by atoms with Crippen LogP contribution in [-0.2, 0) is 13.1 Å². The summed E-state index contributed by atoms with van der Waals surface area (Å²) in [6, 6.07) is 13.1. The summed E-state index contributed by atoms with van der Waals surface area (Å²) in [4.78, 5) is 2.25. The minimum absolute atomic E-state index is 0.169. The number of rotatable bonds is 2. The summed E-state index contributed by atoms with van der Waals surface area (Å²) in [7, 11) is 2.10.